The highest BCUT2D eigenvalue weighted by Crippen LogP contribution is 2.28. The number of Topliss-reactive ketones (excluding diaryl/α,β-unsaturated/α-hetero) is 1. The minimum Gasteiger partial charge on any atom is -0.297 e. The Balaban J connectivity index is 3.07. The van der Waals surface area contributed by atoms with Crippen LogP contribution in [-0.4, -0.2) is 29.3 Å². The second kappa shape index (κ2) is 7.95. The predicted octanol–water partition coefficient (Wildman–Crippen LogP) is 4.66. The number of hydrogen-bond acceptors (Lipinski definition) is 2. The summed E-state index contributed by atoms with van der Waals surface area (Å²) in [6, 6.07) is 5.93. The molecule has 0 spiro atoms. The van der Waals surface area contributed by atoms with E-state index in [2.05, 4.69) is 32.6 Å². The lowest BCUT2D eigenvalue weighted by atomic mass is 9.83. The van der Waals surface area contributed by atoms with Crippen molar-refractivity contribution in [1.82, 2.24) is 4.90 Å². The Hall–Kier alpha value is -0.860. The number of ketones is 1. The molecule has 0 aromatic heterocycles. The summed E-state index contributed by atoms with van der Waals surface area (Å²) in [5.41, 5.74) is 1.69. The Bertz CT molecular complexity index is 476. The summed E-state index contributed by atoms with van der Waals surface area (Å²) in [6.45, 7) is 12.3. The van der Waals surface area contributed by atoms with Gasteiger partial charge in [0.15, 0.2) is 5.78 Å². The molecule has 2 nitrogen and oxygen atoms in total. The molecule has 0 unspecified atom stereocenters. The number of carbonyl (C=O) groups excluding carboxylic acids is 1. The molecule has 1 aromatic rings. The number of carbonyl (C=O) groups is 1. The third-order valence-corrected chi connectivity index (χ3v) is 4.97. The van der Waals surface area contributed by atoms with Crippen molar-refractivity contribution in [2.45, 2.75) is 59.4 Å². The van der Waals surface area contributed by atoms with Gasteiger partial charge in [0.2, 0.25) is 0 Å². The molecule has 0 aliphatic heterocycles. The maximum Gasteiger partial charge on any atom is 0.157 e. The summed E-state index contributed by atoms with van der Waals surface area (Å²) in [4.78, 5) is 15.3. The molecule has 1 rings (SSSR count). The summed E-state index contributed by atoms with van der Waals surface area (Å²) in [5, 5.41) is 0.698. The molecule has 0 saturated carbocycles. The van der Waals surface area contributed by atoms with Gasteiger partial charge in [-0.2, -0.15) is 0 Å². The van der Waals surface area contributed by atoms with Crippen molar-refractivity contribution in [3.8, 4) is 0 Å². The lowest BCUT2D eigenvalue weighted by Gasteiger charge is -2.41. The van der Waals surface area contributed by atoms with E-state index in [4.69, 9.17) is 11.6 Å². The fourth-order valence-corrected chi connectivity index (χ4v) is 3.53. The van der Waals surface area contributed by atoms with E-state index >= 15 is 0 Å². The summed E-state index contributed by atoms with van der Waals surface area (Å²) < 4.78 is 0. The van der Waals surface area contributed by atoms with E-state index in [1.807, 2.05) is 25.1 Å². The minimum absolute atomic E-state index is 0.280. The van der Waals surface area contributed by atoms with Gasteiger partial charge in [0.25, 0.3) is 0 Å². The number of likely N-dealkylation sites (N-methyl/N-ethyl adjacent to an activating group) is 1. The largest absolute Gasteiger partial charge is 0.297 e. The van der Waals surface area contributed by atoms with Crippen LogP contribution in [0.3, 0.4) is 0 Å². The Morgan fingerprint density at radius 1 is 1.14 bits per heavy atom. The van der Waals surface area contributed by atoms with Gasteiger partial charge in [-0.15, -0.1) is 0 Å². The Kier molecular flexibility index (Phi) is 6.89. The van der Waals surface area contributed by atoms with E-state index in [-0.39, 0.29) is 11.3 Å². The highest BCUT2D eigenvalue weighted by atomic mass is 35.5. The third kappa shape index (κ3) is 3.87. The molecule has 21 heavy (non-hydrogen) atoms. The number of aryl methyl sites for hydroxylation is 1. The van der Waals surface area contributed by atoms with Crippen LogP contribution < -0.4 is 0 Å². The van der Waals surface area contributed by atoms with Crippen LogP contribution in [0.1, 0.15) is 51.7 Å². The highest BCUT2D eigenvalue weighted by Gasteiger charge is 2.38. The van der Waals surface area contributed by atoms with E-state index in [1.54, 1.807) is 0 Å². The summed E-state index contributed by atoms with van der Waals surface area (Å²) in [6.07, 6.45) is 2.10. The van der Waals surface area contributed by atoms with Crippen molar-refractivity contribution < 1.29 is 4.79 Å². The van der Waals surface area contributed by atoms with Crippen molar-refractivity contribution >= 4 is 17.4 Å². The average molecular weight is 310 g/mol. The molecule has 1 aromatic carbocycles. The summed E-state index contributed by atoms with van der Waals surface area (Å²) in [5.74, 6) is 0.280. The second-order valence-corrected chi connectivity index (χ2v) is 6.01. The third-order valence-electron chi connectivity index (χ3n) is 4.62. The van der Waals surface area contributed by atoms with E-state index in [1.165, 1.54) is 0 Å². The van der Waals surface area contributed by atoms with Gasteiger partial charge in [0.1, 0.15) is 0 Å². The van der Waals surface area contributed by atoms with Crippen LogP contribution in [0.5, 0.6) is 0 Å². The number of benzene rings is 1. The van der Waals surface area contributed by atoms with Crippen molar-refractivity contribution in [1.29, 1.82) is 0 Å². The molecular formula is C18H28ClNO. The monoisotopic (exact) mass is 309 g/mol. The number of nitrogens with zero attached hydrogens (tertiary/aromatic N) is 1. The van der Waals surface area contributed by atoms with Crippen molar-refractivity contribution in [2.24, 2.45) is 0 Å². The maximum absolute atomic E-state index is 13.0. The average Bonchev–Trinajstić information content (AvgIpc) is 2.47. The first kappa shape index (κ1) is 18.2. The zero-order valence-corrected chi connectivity index (χ0v) is 14.8. The molecule has 3 heteroatoms. The van der Waals surface area contributed by atoms with Crippen LogP contribution in [-0.2, 0) is 11.2 Å². The topological polar surface area (TPSA) is 20.3 Å². The Morgan fingerprint density at radius 3 is 2.14 bits per heavy atom. The van der Waals surface area contributed by atoms with Gasteiger partial charge in [0, 0.05) is 11.4 Å². The van der Waals surface area contributed by atoms with Crippen LogP contribution in [0.4, 0.5) is 0 Å². The number of rotatable bonds is 8. The van der Waals surface area contributed by atoms with Gasteiger partial charge in [-0.25, -0.2) is 0 Å². The van der Waals surface area contributed by atoms with Gasteiger partial charge in [-0.3, -0.25) is 9.69 Å². The summed E-state index contributed by atoms with van der Waals surface area (Å²) >= 11 is 6.29. The second-order valence-electron chi connectivity index (χ2n) is 5.61. The van der Waals surface area contributed by atoms with Crippen molar-refractivity contribution in [3.63, 3.8) is 0 Å². The van der Waals surface area contributed by atoms with E-state index in [0.29, 0.717) is 11.4 Å². The first-order valence-electron chi connectivity index (χ1n) is 7.98. The van der Waals surface area contributed by atoms with Crippen LogP contribution in [0.25, 0.3) is 0 Å². The van der Waals surface area contributed by atoms with E-state index in [0.717, 1.165) is 37.1 Å². The quantitative estimate of drug-likeness (QED) is 0.696. The first-order valence-corrected chi connectivity index (χ1v) is 8.36. The Labute approximate surface area is 134 Å². The molecule has 0 amide bonds. The molecule has 0 N–H and O–H groups in total. The van der Waals surface area contributed by atoms with Crippen LogP contribution in [0.2, 0.25) is 5.02 Å². The molecule has 0 aliphatic carbocycles. The van der Waals surface area contributed by atoms with E-state index < -0.39 is 0 Å². The summed E-state index contributed by atoms with van der Waals surface area (Å²) in [7, 11) is 0. The highest BCUT2D eigenvalue weighted by molar-refractivity contribution is 6.31. The van der Waals surface area contributed by atoms with Crippen molar-refractivity contribution in [3.05, 3.63) is 34.3 Å². The molecule has 0 bridgehead atoms. The fraction of sp³-hybridized carbons (Fsp3) is 0.611. The first-order chi connectivity index (χ1) is 9.94. The van der Waals surface area contributed by atoms with Gasteiger partial charge in [-0.05, 0) is 50.0 Å². The minimum atomic E-state index is -0.363. The molecule has 0 aliphatic rings. The molecule has 0 atom stereocenters. The zero-order chi connectivity index (χ0) is 16.0. The lowest BCUT2D eigenvalue weighted by molar-refractivity contribution is -0.131. The maximum atomic E-state index is 13.0. The van der Waals surface area contributed by atoms with Crippen LogP contribution in [0, 0.1) is 6.92 Å². The normalized spacial score (nSPS) is 12.0. The standard InChI is InChI=1S/C18H28ClNO/c1-6-18(7-2,20(8-3)9-4)17(21)13-15-11-10-14(5)12-16(15)19/h10-12H,6-9,13H2,1-5H3. The van der Waals surface area contributed by atoms with Crippen LogP contribution >= 0.6 is 11.6 Å². The van der Waals surface area contributed by atoms with Gasteiger partial charge >= 0.3 is 0 Å². The lowest BCUT2D eigenvalue weighted by Crippen LogP contribution is -2.54. The van der Waals surface area contributed by atoms with E-state index in [9.17, 15) is 4.79 Å². The van der Waals surface area contributed by atoms with Crippen LogP contribution in [0.15, 0.2) is 18.2 Å². The smallest absolute Gasteiger partial charge is 0.157 e. The number of halogens is 1. The van der Waals surface area contributed by atoms with Gasteiger partial charge < -0.3 is 0 Å². The SMILES string of the molecule is CCN(CC)C(CC)(CC)C(=O)Cc1ccc(C)cc1Cl. The van der Waals surface area contributed by atoms with Gasteiger partial charge in [0.05, 0.1) is 5.54 Å². The molecule has 0 heterocycles. The van der Waals surface area contributed by atoms with Gasteiger partial charge in [-0.1, -0.05) is 51.4 Å². The Morgan fingerprint density at radius 2 is 1.71 bits per heavy atom. The number of hydrogen-bond donors (Lipinski definition) is 0. The molecule has 118 valence electrons. The van der Waals surface area contributed by atoms with Crippen molar-refractivity contribution in [2.75, 3.05) is 13.1 Å². The predicted molar refractivity (Wildman–Crippen MR) is 91.1 cm³/mol. The molecular weight excluding hydrogens is 282 g/mol. The fourth-order valence-electron chi connectivity index (χ4n) is 3.23. The molecule has 0 fully saturated rings. The molecule has 0 saturated heterocycles. The zero-order valence-electron chi connectivity index (χ0n) is 14.0. The molecule has 0 radical (unpaired) electrons.